The molecule has 0 bridgehead atoms. The Hall–Kier alpha value is -1.64. The molecule has 0 aliphatic carbocycles. The predicted molar refractivity (Wildman–Crippen MR) is 76.9 cm³/mol. The zero-order valence-corrected chi connectivity index (χ0v) is 11.1. The Kier molecular flexibility index (Phi) is 3.62. The summed E-state index contributed by atoms with van der Waals surface area (Å²) in [4.78, 5) is 0. The van der Waals surface area contributed by atoms with Crippen molar-refractivity contribution in [2.45, 2.75) is 25.2 Å². The Morgan fingerprint density at radius 3 is 2.11 bits per heavy atom. The molecule has 1 aliphatic heterocycles. The number of ether oxygens (including phenoxy) is 1. The summed E-state index contributed by atoms with van der Waals surface area (Å²) in [6, 6.07) is 21.2. The summed E-state index contributed by atoms with van der Waals surface area (Å²) < 4.78 is 6.31. The highest BCUT2D eigenvalue weighted by atomic mass is 16.5. The minimum Gasteiger partial charge on any atom is -0.363 e. The number of hydrogen-bond donors (Lipinski definition) is 1. The van der Waals surface area contributed by atoms with Crippen LogP contribution in [-0.2, 0) is 4.74 Å². The van der Waals surface area contributed by atoms with Gasteiger partial charge in [-0.15, -0.1) is 0 Å². The van der Waals surface area contributed by atoms with Crippen molar-refractivity contribution < 1.29 is 4.74 Å². The third-order valence-corrected chi connectivity index (χ3v) is 3.69. The average molecular weight is 253 g/mol. The lowest BCUT2D eigenvalue weighted by Crippen LogP contribution is -2.43. The smallest absolute Gasteiger partial charge is 0.0984 e. The number of nitrogens with one attached hydrogen (secondary N) is 1. The highest BCUT2D eigenvalue weighted by Gasteiger charge is 2.29. The van der Waals surface area contributed by atoms with Crippen molar-refractivity contribution in [1.82, 2.24) is 5.32 Å². The molecule has 1 heterocycles. The predicted octanol–water partition coefficient (Wildman–Crippen LogP) is 3.48. The number of benzene rings is 2. The molecule has 1 aliphatic rings. The zero-order valence-electron chi connectivity index (χ0n) is 11.1. The Balaban J connectivity index is 1.82. The van der Waals surface area contributed by atoms with E-state index in [-0.39, 0.29) is 12.2 Å². The van der Waals surface area contributed by atoms with Crippen LogP contribution in [-0.4, -0.2) is 12.6 Å². The van der Waals surface area contributed by atoms with E-state index < -0.39 is 0 Å². The normalized spacial score (nSPS) is 27.1. The lowest BCUT2D eigenvalue weighted by atomic mass is 9.99. The van der Waals surface area contributed by atoms with Crippen LogP contribution in [0, 0.1) is 0 Å². The first kappa shape index (κ1) is 12.4. The minimum atomic E-state index is 0.111. The molecule has 1 fully saturated rings. The molecule has 0 saturated carbocycles. The maximum absolute atomic E-state index is 6.31. The van der Waals surface area contributed by atoms with Crippen molar-refractivity contribution >= 4 is 0 Å². The van der Waals surface area contributed by atoms with E-state index in [9.17, 15) is 0 Å². The summed E-state index contributed by atoms with van der Waals surface area (Å²) in [5.41, 5.74) is 2.48. The monoisotopic (exact) mass is 253 g/mol. The molecule has 2 aromatic rings. The van der Waals surface area contributed by atoms with Crippen molar-refractivity contribution in [2.24, 2.45) is 0 Å². The van der Waals surface area contributed by atoms with Gasteiger partial charge in [0.05, 0.1) is 12.2 Å². The number of morpholine rings is 1. The fraction of sp³-hybridized carbons (Fsp3) is 0.294. The van der Waals surface area contributed by atoms with E-state index in [1.54, 1.807) is 0 Å². The van der Waals surface area contributed by atoms with Crippen LogP contribution < -0.4 is 5.32 Å². The van der Waals surface area contributed by atoms with E-state index >= 15 is 0 Å². The topological polar surface area (TPSA) is 21.3 Å². The highest BCUT2D eigenvalue weighted by Crippen LogP contribution is 2.32. The summed E-state index contributed by atoms with van der Waals surface area (Å²) in [5.74, 6) is 0. The van der Waals surface area contributed by atoms with E-state index in [2.05, 4.69) is 60.8 Å². The van der Waals surface area contributed by atoms with Crippen LogP contribution in [0.1, 0.15) is 30.3 Å². The first-order chi connectivity index (χ1) is 9.34. The van der Waals surface area contributed by atoms with E-state index in [1.165, 1.54) is 11.1 Å². The van der Waals surface area contributed by atoms with Gasteiger partial charge < -0.3 is 10.1 Å². The fourth-order valence-electron chi connectivity index (χ4n) is 2.62. The molecule has 19 heavy (non-hydrogen) atoms. The van der Waals surface area contributed by atoms with E-state index in [0.717, 1.165) is 6.54 Å². The molecule has 0 spiro atoms. The average Bonchev–Trinajstić information content (AvgIpc) is 2.49. The molecular formula is C17H19NO. The second kappa shape index (κ2) is 5.55. The lowest BCUT2D eigenvalue weighted by Gasteiger charge is -2.36. The van der Waals surface area contributed by atoms with Crippen molar-refractivity contribution in [3.63, 3.8) is 0 Å². The summed E-state index contributed by atoms with van der Waals surface area (Å²) in [5, 5.41) is 3.55. The molecule has 2 aromatic carbocycles. The van der Waals surface area contributed by atoms with Crippen LogP contribution >= 0.6 is 0 Å². The molecule has 3 unspecified atom stereocenters. The van der Waals surface area contributed by atoms with Crippen molar-refractivity contribution in [1.29, 1.82) is 0 Å². The van der Waals surface area contributed by atoms with Crippen molar-refractivity contribution in [3.8, 4) is 0 Å². The molecule has 0 amide bonds. The summed E-state index contributed by atoms with van der Waals surface area (Å²) in [6.07, 6.45) is 0.239. The fourth-order valence-corrected chi connectivity index (χ4v) is 2.62. The van der Waals surface area contributed by atoms with Crippen LogP contribution in [0.2, 0.25) is 0 Å². The second-order valence-corrected chi connectivity index (χ2v) is 5.06. The first-order valence-corrected chi connectivity index (χ1v) is 6.83. The molecule has 0 radical (unpaired) electrons. The van der Waals surface area contributed by atoms with Gasteiger partial charge in [0.1, 0.15) is 0 Å². The largest absolute Gasteiger partial charge is 0.363 e. The molecule has 2 nitrogen and oxygen atoms in total. The Bertz CT molecular complexity index is 511. The Labute approximate surface area is 114 Å². The Morgan fingerprint density at radius 2 is 1.47 bits per heavy atom. The molecule has 3 rings (SSSR count). The molecule has 3 atom stereocenters. The lowest BCUT2D eigenvalue weighted by molar-refractivity contribution is -0.0632. The maximum atomic E-state index is 6.31. The summed E-state index contributed by atoms with van der Waals surface area (Å²) >= 11 is 0. The van der Waals surface area contributed by atoms with Gasteiger partial charge in [0.25, 0.3) is 0 Å². The van der Waals surface area contributed by atoms with Crippen LogP contribution in [0.5, 0.6) is 0 Å². The maximum Gasteiger partial charge on any atom is 0.0984 e. The zero-order chi connectivity index (χ0) is 13.1. The quantitative estimate of drug-likeness (QED) is 0.884. The molecule has 98 valence electrons. The third kappa shape index (κ3) is 2.70. The van der Waals surface area contributed by atoms with Gasteiger partial charge in [-0.3, -0.25) is 0 Å². The van der Waals surface area contributed by atoms with Crippen LogP contribution in [0.25, 0.3) is 0 Å². The summed E-state index contributed by atoms with van der Waals surface area (Å²) in [6.45, 7) is 3.05. The first-order valence-electron chi connectivity index (χ1n) is 6.83. The van der Waals surface area contributed by atoms with Crippen LogP contribution in [0.4, 0.5) is 0 Å². The number of rotatable bonds is 2. The third-order valence-electron chi connectivity index (χ3n) is 3.69. The second-order valence-electron chi connectivity index (χ2n) is 5.06. The highest BCUT2D eigenvalue weighted by molar-refractivity contribution is 5.22. The number of hydrogen-bond acceptors (Lipinski definition) is 2. The van der Waals surface area contributed by atoms with Gasteiger partial charge >= 0.3 is 0 Å². The van der Waals surface area contributed by atoms with Gasteiger partial charge in [0, 0.05) is 12.6 Å². The van der Waals surface area contributed by atoms with Gasteiger partial charge in [-0.1, -0.05) is 60.7 Å². The van der Waals surface area contributed by atoms with Gasteiger partial charge in [0.15, 0.2) is 0 Å². The molecule has 2 heteroatoms. The minimum absolute atomic E-state index is 0.111. The SMILES string of the molecule is CC1NCC(c2ccccc2)OC1c1ccccc1. The van der Waals surface area contributed by atoms with Gasteiger partial charge in [0.2, 0.25) is 0 Å². The van der Waals surface area contributed by atoms with Crippen LogP contribution in [0.3, 0.4) is 0 Å². The molecule has 1 saturated heterocycles. The Morgan fingerprint density at radius 1 is 0.895 bits per heavy atom. The molecule has 1 N–H and O–H groups in total. The standard InChI is InChI=1S/C17H19NO/c1-13-17(15-10-6-3-7-11-15)19-16(12-18-13)14-8-4-2-5-9-14/h2-11,13,16-18H,12H2,1H3. The van der Waals surface area contributed by atoms with Gasteiger partial charge in [-0.25, -0.2) is 0 Å². The summed E-state index contributed by atoms with van der Waals surface area (Å²) in [7, 11) is 0. The van der Waals surface area contributed by atoms with Crippen molar-refractivity contribution in [2.75, 3.05) is 6.54 Å². The molecular weight excluding hydrogens is 234 g/mol. The van der Waals surface area contributed by atoms with E-state index in [4.69, 9.17) is 4.74 Å². The van der Waals surface area contributed by atoms with Gasteiger partial charge in [-0.05, 0) is 18.1 Å². The van der Waals surface area contributed by atoms with E-state index in [1.807, 2.05) is 12.1 Å². The van der Waals surface area contributed by atoms with Crippen molar-refractivity contribution in [3.05, 3.63) is 71.8 Å². The van der Waals surface area contributed by atoms with E-state index in [0.29, 0.717) is 6.04 Å². The molecule has 0 aromatic heterocycles. The van der Waals surface area contributed by atoms with Crippen LogP contribution in [0.15, 0.2) is 60.7 Å². The van der Waals surface area contributed by atoms with Gasteiger partial charge in [-0.2, -0.15) is 0 Å².